The fourth-order valence-corrected chi connectivity index (χ4v) is 2.44. The lowest BCUT2D eigenvalue weighted by molar-refractivity contribution is 0.568. The van der Waals surface area contributed by atoms with Crippen molar-refractivity contribution in [1.82, 2.24) is 5.32 Å². The summed E-state index contributed by atoms with van der Waals surface area (Å²) in [7, 11) is 1.87. The highest BCUT2D eigenvalue weighted by molar-refractivity contribution is 5.40. The minimum absolute atomic E-state index is 0.111. The van der Waals surface area contributed by atoms with Crippen molar-refractivity contribution < 1.29 is 4.39 Å². The molecule has 0 aliphatic carbocycles. The number of rotatable bonds is 3. The molecule has 1 atom stereocenters. The topological polar surface area (TPSA) is 12.0 Å². The minimum atomic E-state index is -0.122. The maximum atomic E-state index is 14.3. The number of hydrogen-bond donors (Lipinski definition) is 1. The van der Waals surface area contributed by atoms with Crippen LogP contribution in [-0.4, -0.2) is 7.05 Å². The smallest absolute Gasteiger partial charge is 0.131 e. The largest absolute Gasteiger partial charge is 0.309 e. The summed E-state index contributed by atoms with van der Waals surface area (Å²) in [6.45, 7) is 5.92. The maximum Gasteiger partial charge on any atom is 0.131 e. The Kier molecular flexibility index (Phi) is 4.01. The molecule has 0 aliphatic heterocycles. The summed E-state index contributed by atoms with van der Waals surface area (Å²) < 4.78 is 14.3. The van der Waals surface area contributed by atoms with E-state index in [9.17, 15) is 4.39 Å². The lowest BCUT2D eigenvalue weighted by Crippen LogP contribution is -2.20. The van der Waals surface area contributed by atoms with Gasteiger partial charge >= 0.3 is 0 Å². The molecule has 0 aliphatic rings. The van der Waals surface area contributed by atoms with Crippen LogP contribution in [0.3, 0.4) is 0 Å². The fraction of sp³-hybridized carbons (Fsp3) is 0.294. The molecule has 0 heterocycles. The molecule has 19 heavy (non-hydrogen) atoms. The van der Waals surface area contributed by atoms with Crippen molar-refractivity contribution >= 4 is 0 Å². The standard InChI is InChI=1S/C17H20FN/c1-11-8-9-12(2)15(10-11)17(19-4)14-7-5-6-13(3)16(14)18/h5-10,17,19H,1-4H3. The Morgan fingerprint density at radius 1 is 0.947 bits per heavy atom. The minimum Gasteiger partial charge on any atom is -0.309 e. The van der Waals surface area contributed by atoms with Crippen molar-refractivity contribution in [3.8, 4) is 0 Å². The molecule has 2 rings (SSSR count). The molecule has 0 saturated carbocycles. The first-order chi connectivity index (χ1) is 9.04. The Labute approximate surface area is 114 Å². The van der Waals surface area contributed by atoms with Gasteiger partial charge < -0.3 is 5.32 Å². The summed E-state index contributed by atoms with van der Waals surface area (Å²) in [5.41, 5.74) is 4.88. The molecule has 100 valence electrons. The summed E-state index contributed by atoms with van der Waals surface area (Å²) in [5, 5.41) is 3.23. The van der Waals surface area contributed by atoms with Gasteiger partial charge in [0.15, 0.2) is 0 Å². The van der Waals surface area contributed by atoms with Crippen LogP contribution in [-0.2, 0) is 0 Å². The Balaban J connectivity index is 2.56. The third-order valence-electron chi connectivity index (χ3n) is 3.57. The molecule has 0 amide bonds. The van der Waals surface area contributed by atoms with Gasteiger partial charge in [-0.05, 0) is 44.5 Å². The molecule has 0 spiro atoms. The second kappa shape index (κ2) is 5.54. The van der Waals surface area contributed by atoms with E-state index in [4.69, 9.17) is 0 Å². The highest BCUT2D eigenvalue weighted by atomic mass is 19.1. The van der Waals surface area contributed by atoms with E-state index in [-0.39, 0.29) is 11.9 Å². The molecule has 1 unspecified atom stereocenters. The maximum absolute atomic E-state index is 14.3. The lowest BCUT2D eigenvalue weighted by Gasteiger charge is -2.21. The van der Waals surface area contributed by atoms with Gasteiger partial charge in [0.05, 0.1) is 6.04 Å². The molecule has 0 saturated heterocycles. The summed E-state index contributed by atoms with van der Waals surface area (Å²) in [6.07, 6.45) is 0. The van der Waals surface area contributed by atoms with Gasteiger partial charge in [0.2, 0.25) is 0 Å². The lowest BCUT2D eigenvalue weighted by atomic mass is 9.92. The first-order valence-electron chi connectivity index (χ1n) is 6.54. The molecule has 0 fully saturated rings. The molecular weight excluding hydrogens is 237 g/mol. The molecule has 2 heteroatoms. The van der Waals surface area contributed by atoms with Crippen molar-refractivity contribution in [3.63, 3.8) is 0 Å². The molecule has 1 N–H and O–H groups in total. The predicted molar refractivity (Wildman–Crippen MR) is 78.0 cm³/mol. The van der Waals surface area contributed by atoms with E-state index in [1.807, 2.05) is 19.2 Å². The molecule has 2 aromatic carbocycles. The normalized spacial score (nSPS) is 12.5. The van der Waals surface area contributed by atoms with Crippen LogP contribution in [0.25, 0.3) is 0 Å². The molecular formula is C17H20FN. The van der Waals surface area contributed by atoms with E-state index in [0.717, 1.165) is 5.56 Å². The molecule has 0 radical (unpaired) electrons. The van der Waals surface area contributed by atoms with Gasteiger partial charge in [-0.15, -0.1) is 0 Å². The van der Waals surface area contributed by atoms with E-state index in [1.54, 1.807) is 13.0 Å². The Hall–Kier alpha value is -1.67. The highest BCUT2D eigenvalue weighted by Gasteiger charge is 2.18. The van der Waals surface area contributed by atoms with Crippen LogP contribution in [0.15, 0.2) is 36.4 Å². The summed E-state index contributed by atoms with van der Waals surface area (Å²) in [6, 6.07) is 11.7. The Bertz CT molecular complexity index is 588. The van der Waals surface area contributed by atoms with Gasteiger partial charge in [-0.3, -0.25) is 0 Å². The zero-order valence-corrected chi connectivity index (χ0v) is 11.9. The average molecular weight is 257 g/mol. The fourth-order valence-electron chi connectivity index (χ4n) is 2.44. The molecule has 0 aromatic heterocycles. The number of halogens is 1. The van der Waals surface area contributed by atoms with E-state index in [0.29, 0.717) is 11.1 Å². The van der Waals surface area contributed by atoms with Crippen LogP contribution in [0, 0.1) is 26.6 Å². The van der Waals surface area contributed by atoms with E-state index in [2.05, 4.69) is 37.4 Å². The zero-order valence-electron chi connectivity index (χ0n) is 11.9. The van der Waals surface area contributed by atoms with Crippen molar-refractivity contribution in [2.75, 3.05) is 7.05 Å². The van der Waals surface area contributed by atoms with Crippen LogP contribution >= 0.6 is 0 Å². The van der Waals surface area contributed by atoms with E-state index >= 15 is 0 Å². The van der Waals surface area contributed by atoms with Crippen LogP contribution in [0.4, 0.5) is 4.39 Å². The molecule has 1 nitrogen and oxygen atoms in total. The number of nitrogens with one attached hydrogen (secondary N) is 1. The summed E-state index contributed by atoms with van der Waals surface area (Å²) >= 11 is 0. The van der Waals surface area contributed by atoms with E-state index in [1.165, 1.54) is 11.1 Å². The van der Waals surface area contributed by atoms with Crippen LogP contribution in [0.5, 0.6) is 0 Å². The first kappa shape index (κ1) is 13.8. The van der Waals surface area contributed by atoms with Gasteiger partial charge in [0.1, 0.15) is 5.82 Å². The Morgan fingerprint density at radius 3 is 2.37 bits per heavy atom. The third-order valence-corrected chi connectivity index (χ3v) is 3.57. The summed E-state index contributed by atoms with van der Waals surface area (Å²) in [5.74, 6) is -0.122. The van der Waals surface area contributed by atoms with Crippen molar-refractivity contribution in [2.45, 2.75) is 26.8 Å². The van der Waals surface area contributed by atoms with Crippen molar-refractivity contribution in [2.24, 2.45) is 0 Å². The zero-order chi connectivity index (χ0) is 14.0. The molecule has 0 bridgehead atoms. The number of hydrogen-bond acceptors (Lipinski definition) is 1. The van der Waals surface area contributed by atoms with E-state index < -0.39 is 0 Å². The number of aryl methyl sites for hydroxylation is 3. The van der Waals surface area contributed by atoms with Crippen LogP contribution < -0.4 is 5.32 Å². The van der Waals surface area contributed by atoms with Crippen LogP contribution in [0.2, 0.25) is 0 Å². The van der Waals surface area contributed by atoms with Crippen molar-refractivity contribution in [3.05, 3.63) is 70.0 Å². The first-order valence-corrected chi connectivity index (χ1v) is 6.54. The van der Waals surface area contributed by atoms with Gasteiger partial charge in [-0.25, -0.2) is 4.39 Å². The van der Waals surface area contributed by atoms with Gasteiger partial charge in [-0.1, -0.05) is 42.0 Å². The monoisotopic (exact) mass is 257 g/mol. The highest BCUT2D eigenvalue weighted by Crippen LogP contribution is 2.28. The number of benzene rings is 2. The third kappa shape index (κ3) is 2.69. The predicted octanol–water partition coefficient (Wildman–Crippen LogP) is 4.06. The van der Waals surface area contributed by atoms with Gasteiger partial charge in [0, 0.05) is 5.56 Å². The molecule has 2 aromatic rings. The Morgan fingerprint density at radius 2 is 1.68 bits per heavy atom. The SMILES string of the molecule is CNC(c1cc(C)ccc1C)c1cccc(C)c1F. The summed E-state index contributed by atoms with van der Waals surface area (Å²) in [4.78, 5) is 0. The average Bonchev–Trinajstić information content (AvgIpc) is 2.39. The van der Waals surface area contributed by atoms with Crippen molar-refractivity contribution in [1.29, 1.82) is 0 Å². The quantitative estimate of drug-likeness (QED) is 0.874. The van der Waals surface area contributed by atoms with Gasteiger partial charge in [-0.2, -0.15) is 0 Å². The van der Waals surface area contributed by atoms with Crippen LogP contribution in [0.1, 0.15) is 33.9 Å². The second-order valence-electron chi connectivity index (χ2n) is 5.06. The van der Waals surface area contributed by atoms with Gasteiger partial charge in [0.25, 0.3) is 0 Å². The second-order valence-corrected chi connectivity index (χ2v) is 5.06.